The third-order valence-electron chi connectivity index (χ3n) is 4.72. The number of thiocarbonyl (C=S) groups is 1. The van der Waals surface area contributed by atoms with Gasteiger partial charge in [-0.25, -0.2) is 0 Å². The highest BCUT2D eigenvalue weighted by Crippen LogP contribution is 2.18. The van der Waals surface area contributed by atoms with Crippen molar-refractivity contribution in [1.29, 1.82) is 0 Å². The zero-order valence-electron chi connectivity index (χ0n) is 16.7. The number of anilines is 1. The van der Waals surface area contributed by atoms with E-state index in [-0.39, 0.29) is 0 Å². The molecule has 29 heavy (non-hydrogen) atoms. The first kappa shape index (κ1) is 21.2. The molecule has 0 fully saturated rings. The Labute approximate surface area is 183 Å². The quantitative estimate of drug-likeness (QED) is 0.449. The molecular weight excluding hydrogens is 400 g/mol. The second kappa shape index (κ2) is 10.3. The number of nitrogens with one attached hydrogen (secondary N) is 1. The Hall–Kier alpha value is -2.56. The van der Waals surface area contributed by atoms with Gasteiger partial charge in [-0.2, -0.15) is 0 Å². The third kappa shape index (κ3) is 6.21. The Morgan fingerprint density at radius 3 is 1.90 bits per heavy atom. The zero-order valence-corrected chi connectivity index (χ0v) is 18.3. The van der Waals surface area contributed by atoms with Gasteiger partial charge in [0.1, 0.15) is 5.75 Å². The first-order valence-corrected chi connectivity index (χ1v) is 10.4. The number of aryl methyl sites for hydroxylation is 1. The number of hydrogen-bond donors (Lipinski definition) is 1. The van der Waals surface area contributed by atoms with Crippen molar-refractivity contribution in [2.45, 2.75) is 26.4 Å². The van der Waals surface area contributed by atoms with Gasteiger partial charge in [0, 0.05) is 23.8 Å². The molecule has 0 saturated heterocycles. The van der Waals surface area contributed by atoms with Crippen LogP contribution in [0.15, 0.2) is 72.8 Å². The molecule has 0 atom stereocenters. The van der Waals surface area contributed by atoms with Crippen LogP contribution in [0, 0.1) is 0 Å². The maximum atomic E-state index is 5.99. The third-order valence-corrected chi connectivity index (χ3v) is 5.33. The van der Waals surface area contributed by atoms with Crippen LogP contribution in [0.5, 0.6) is 5.75 Å². The molecular formula is C24H25ClN2OS. The summed E-state index contributed by atoms with van der Waals surface area (Å²) in [4.78, 5) is 2.16. The summed E-state index contributed by atoms with van der Waals surface area (Å²) < 4.78 is 5.27. The highest BCUT2D eigenvalue weighted by molar-refractivity contribution is 7.80. The van der Waals surface area contributed by atoms with Crippen LogP contribution in [0.25, 0.3) is 0 Å². The minimum atomic E-state index is 0.669. The van der Waals surface area contributed by atoms with Crippen molar-refractivity contribution in [3.05, 3.63) is 94.5 Å². The molecule has 0 heterocycles. The average Bonchev–Trinajstić information content (AvgIpc) is 2.76. The Morgan fingerprint density at radius 2 is 1.38 bits per heavy atom. The van der Waals surface area contributed by atoms with Gasteiger partial charge in [0.05, 0.1) is 7.11 Å². The van der Waals surface area contributed by atoms with Gasteiger partial charge in [0.15, 0.2) is 5.11 Å². The lowest BCUT2D eigenvalue weighted by Crippen LogP contribution is -2.33. The van der Waals surface area contributed by atoms with Crippen molar-refractivity contribution in [2.75, 3.05) is 12.4 Å². The fraction of sp³-hybridized carbons (Fsp3) is 0.208. The molecule has 0 aliphatic carbocycles. The summed E-state index contributed by atoms with van der Waals surface area (Å²) >= 11 is 11.7. The van der Waals surface area contributed by atoms with E-state index in [4.69, 9.17) is 28.6 Å². The summed E-state index contributed by atoms with van der Waals surface area (Å²) in [5.41, 5.74) is 4.63. The highest BCUT2D eigenvalue weighted by atomic mass is 35.5. The Morgan fingerprint density at radius 1 is 0.862 bits per heavy atom. The largest absolute Gasteiger partial charge is 0.497 e. The van der Waals surface area contributed by atoms with Crippen molar-refractivity contribution in [1.82, 2.24) is 4.90 Å². The van der Waals surface area contributed by atoms with Crippen LogP contribution in [0.4, 0.5) is 5.69 Å². The van der Waals surface area contributed by atoms with Crippen LogP contribution in [-0.4, -0.2) is 17.1 Å². The van der Waals surface area contributed by atoms with E-state index in [9.17, 15) is 0 Å². The molecule has 3 rings (SSSR count). The van der Waals surface area contributed by atoms with Crippen LogP contribution in [0.2, 0.25) is 5.02 Å². The fourth-order valence-corrected chi connectivity index (χ4v) is 3.36. The number of methoxy groups -OCH3 is 1. The molecule has 3 aromatic carbocycles. The topological polar surface area (TPSA) is 24.5 Å². The van der Waals surface area contributed by atoms with Gasteiger partial charge in [0.25, 0.3) is 0 Å². The number of hydrogen-bond acceptors (Lipinski definition) is 2. The first-order valence-electron chi connectivity index (χ1n) is 9.59. The van der Waals surface area contributed by atoms with E-state index in [0.29, 0.717) is 16.7 Å². The summed E-state index contributed by atoms with van der Waals surface area (Å²) in [5.74, 6) is 0.845. The summed E-state index contributed by atoms with van der Waals surface area (Å²) in [6.45, 7) is 3.57. The van der Waals surface area contributed by atoms with Crippen molar-refractivity contribution < 1.29 is 4.74 Å². The Kier molecular flexibility index (Phi) is 7.50. The molecule has 0 radical (unpaired) electrons. The lowest BCUT2D eigenvalue weighted by Gasteiger charge is -2.26. The minimum absolute atomic E-state index is 0.669. The Balaban J connectivity index is 1.78. The second-order valence-electron chi connectivity index (χ2n) is 6.81. The van der Waals surface area contributed by atoms with Gasteiger partial charge in [-0.3, -0.25) is 0 Å². The summed E-state index contributed by atoms with van der Waals surface area (Å²) in [6.07, 6.45) is 1.03. The zero-order chi connectivity index (χ0) is 20.6. The molecule has 0 unspecified atom stereocenters. The molecule has 0 bridgehead atoms. The lowest BCUT2D eigenvalue weighted by atomic mass is 10.1. The van der Waals surface area contributed by atoms with E-state index in [2.05, 4.69) is 53.5 Å². The van der Waals surface area contributed by atoms with Crippen LogP contribution >= 0.6 is 23.8 Å². The summed E-state index contributed by atoms with van der Waals surface area (Å²) in [7, 11) is 1.67. The van der Waals surface area contributed by atoms with Gasteiger partial charge < -0.3 is 15.0 Å². The van der Waals surface area contributed by atoms with E-state index in [1.807, 2.05) is 36.4 Å². The van der Waals surface area contributed by atoms with Gasteiger partial charge in [0.2, 0.25) is 0 Å². The fourth-order valence-electron chi connectivity index (χ4n) is 2.99. The Bertz CT molecular complexity index is 875. The number of benzene rings is 3. The van der Waals surface area contributed by atoms with E-state index in [1.165, 1.54) is 11.1 Å². The second-order valence-corrected chi connectivity index (χ2v) is 7.63. The standard InChI is InChI=1S/C24H25ClN2OS/c1-3-18-4-6-19(7-5-18)16-27(17-20-8-14-23(28-2)15-9-20)24(29)26-22-12-10-21(25)11-13-22/h4-15H,3,16-17H2,1-2H3,(H,26,29). The number of rotatable bonds is 7. The van der Waals surface area contributed by atoms with Gasteiger partial charge in [-0.15, -0.1) is 0 Å². The van der Waals surface area contributed by atoms with Crippen LogP contribution < -0.4 is 10.1 Å². The number of nitrogens with zero attached hydrogens (tertiary/aromatic N) is 1. The average molecular weight is 425 g/mol. The van der Waals surface area contributed by atoms with E-state index in [1.54, 1.807) is 7.11 Å². The molecule has 0 saturated carbocycles. The molecule has 1 N–H and O–H groups in total. The molecule has 0 amide bonds. The normalized spacial score (nSPS) is 10.4. The van der Waals surface area contributed by atoms with Gasteiger partial charge in [-0.1, -0.05) is 54.9 Å². The maximum Gasteiger partial charge on any atom is 0.174 e. The van der Waals surface area contributed by atoms with Crippen molar-refractivity contribution in [2.24, 2.45) is 0 Å². The van der Waals surface area contributed by atoms with Crippen molar-refractivity contribution in [3.63, 3.8) is 0 Å². The van der Waals surface area contributed by atoms with E-state index in [0.717, 1.165) is 30.0 Å². The number of ether oxygens (including phenoxy) is 1. The van der Waals surface area contributed by atoms with Crippen LogP contribution in [0.1, 0.15) is 23.6 Å². The molecule has 0 aromatic heterocycles. The molecule has 3 nitrogen and oxygen atoms in total. The molecule has 3 aromatic rings. The van der Waals surface area contributed by atoms with Crippen LogP contribution in [0.3, 0.4) is 0 Å². The summed E-state index contributed by atoms with van der Waals surface area (Å²) in [6, 6.07) is 24.3. The lowest BCUT2D eigenvalue weighted by molar-refractivity contribution is 0.407. The minimum Gasteiger partial charge on any atom is -0.497 e. The molecule has 0 aliphatic heterocycles. The van der Waals surface area contributed by atoms with Crippen LogP contribution in [-0.2, 0) is 19.5 Å². The predicted molar refractivity (Wildman–Crippen MR) is 126 cm³/mol. The maximum absolute atomic E-state index is 5.99. The van der Waals surface area contributed by atoms with E-state index < -0.39 is 0 Å². The van der Waals surface area contributed by atoms with Crippen molar-refractivity contribution in [3.8, 4) is 5.75 Å². The summed E-state index contributed by atoms with van der Waals surface area (Å²) in [5, 5.41) is 4.70. The van der Waals surface area contributed by atoms with Gasteiger partial charge >= 0.3 is 0 Å². The smallest absolute Gasteiger partial charge is 0.174 e. The SMILES string of the molecule is CCc1ccc(CN(Cc2ccc(OC)cc2)C(=S)Nc2ccc(Cl)cc2)cc1. The predicted octanol–water partition coefficient (Wildman–Crippen LogP) is 6.31. The first-order chi connectivity index (χ1) is 14.1. The highest BCUT2D eigenvalue weighted by Gasteiger charge is 2.12. The molecule has 0 aliphatic rings. The molecule has 0 spiro atoms. The van der Waals surface area contributed by atoms with E-state index >= 15 is 0 Å². The molecule has 5 heteroatoms. The van der Waals surface area contributed by atoms with Crippen molar-refractivity contribution >= 4 is 34.6 Å². The van der Waals surface area contributed by atoms with Gasteiger partial charge in [-0.05, 0) is 71.7 Å². The number of halogens is 1. The molecule has 150 valence electrons. The monoisotopic (exact) mass is 424 g/mol.